The SMILES string of the molecule is COc1cc(N2C[C@H](Oc3ncccc3F)[C@H]3OCCC[C@H]32)ncn1. The number of hydrogen-bond donors (Lipinski definition) is 0. The average molecular weight is 346 g/mol. The van der Waals surface area contributed by atoms with Gasteiger partial charge in [0.25, 0.3) is 5.88 Å². The van der Waals surface area contributed by atoms with Gasteiger partial charge in [-0.1, -0.05) is 0 Å². The van der Waals surface area contributed by atoms with E-state index < -0.39 is 5.82 Å². The molecule has 0 amide bonds. The summed E-state index contributed by atoms with van der Waals surface area (Å²) in [6, 6.07) is 4.78. The van der Waals surface area contributed by atoms with E-state index in [0.717, 1.165) is 18.7 Å². The number of anilines is 1. The lowest BCUT2D eigenvalue weighted by molar-refractivity contribution is -0.0381. The molecule has 2 aliphatic rings. The maximum atomic E-state index is 13.9. The van der Waals surface area contributed by atoms with Gasteiger partial charge in [-0.3, -0.25) is 0 Å². The van der Waals surface area contributed by atoms with E-state index in [-0.39, 0.29) is 24.1 Å². The lowest BCUT2D eigenvalue weighted by Crippen LogP contribution is -2.43. The Bertz CT molecular complexity index is 747. The maximum Gasteiger partial charge on any atom is 0.250 e. The van der Waals surface area contributed by atoms with E-state index in [4.69, 9.17) is 14.2 Å². The summed E-state index contributed by atoms with van der Waals surface area (Å²) in [7, 11) is 1.57. The Balaban J connectivity index is 1.60. The fourth-order valence-electron chi connectivity index (χ4n) is 3.48. The molecule has 0 spiro atoms. The van der Waals surface area contributed by atoms with E-state index in [1.54, 1.807) is 13.2 Å². The van der Waals surface area contributed by atoms with Gasteiger partial charge in [-0.05, 0) is 25.0 Å². The van der Waals surface area contributed by atoms with E-state index >= 15 is 0 Å². The first-order valence-electron chi connectivity index (χ1n) is 8.27. The van der Waals surface area contributed by atoms with Crippen LogP contribution in [-0.2, 0) is 4.74 Å². The third-order valence-corrected chi connectivity index (χ3v) is 4.60. The van der Waals surface area contributed by atoms with Crippen molar-refractivity contribution in [2.24, 2.45) is 0 Å². The van der Waals surface area contributed by atoms with E-state index in [1.807, 2.05) is 0 Å². The predicted octanol–water partition coefficient (Wildman–Crippen LogP) is 1.83. The Morgan fingerprint density at radius 3 is 3.08 bits per heavy atom. The highest BCUT2D eigenvalue weighted by Crippen LogP contribution is 2.34. The van der Waals surface area contributed by atoms with Crippen LogP contribution in [0.4, 0.5) is 10.2 Å². The second kappa shape index (κ2) is 6.79. The van der Waals surface area contributed by atoms with Crippen LogP contribution in [0.15, 0.2) is 30.7 Å². The van der Waals surface area contributed by atoms with Crippen molar-refractivity contribution in [1.82, 2.24) is 15.0 Å². The first-order valence-corrected chi connectivity index (χ1v) is 8.27. The van der Waals surface area contributed by atoms with Crippen molar-refractivity contribution in [1.29, 1.82) is 0 Å². The number of fused-ring (bicyclic) bond motifs is 1. The van der Waals surface area contributed by atoms with Gasteiger partial charge in [-0.15, -0.1) is 0 Å². The molecule has 25 heavy (non-hydrogen) atoms. The highest BCUT2D eigenvalue weighted by molar-refractivity contribution is 5.45. The number of hydrogen-bond acceptors (Lipinski definition) is 7. The third kappa shape index (κ3) is 3.09. The van der Waals surface area contributed by atoms with Crippen LogP contribution in [-0.4, -0.2) is 53.5 Å². The van der Waals surface area contributed by atoms with Crippen LogP contribution in [0.2, 0.25) is 0 Å². The van der Waals surface area contributed by atoms with Crippen molar-refractivity contribution >= 4 is 5.82 Å². The Hall–Kier alpha value is -2.48. The summed E-state index contributed by atoms with van der Waals surface area (Å²) in [5.41, 5.74) is 0. The minimum atomic E-state index is -0.475. The Labute approximate surface area is 144 Å². The molecular weight excluding hydrogens is 327 g/mol. The summed E-state index contributed by atoms with van der Waals surface area (Å²) < 4.78 is 30.9. The second-order valence-corrected chi connectivity index (χ2v) is 6.06. The highest BCUT2D eigenvalue weighted by atomic mass is 19.1. The minimum absolute atomic E-state index is 0.00235. The van der Waals surface area contributed by atoms with Gasteiger partial charge in [0.05, 0.1) is 19.7 Å². The normalized spacial score (nSPS) is 25.5. The molecule has 7 nitrogen and oxygen atoms in total. The molecular formula is C17H19FN4O3. The number of methoxy groups -OCH3 is 1. The predicted molar refractivity (Wildman–Crippen MR) is 87.3 cm³/mol. The molecule has 2 aromatic rings. The van der Waals surface area contributed by atoms with Crippen molar-refractivity contribution in [3.05, 3.63) is 36.5 Å². The zero-order valence-corrected chi connectivity index (χ0v) is 13.8. The molecule has 3 atom stereocenters. The molecule has 4 rings (SSSR count). The molecule has 2 saturated heterocycles. The van der Waals surface area contributed by atoms with Crippen LogP contribution in [0.1, 0.15) is 12.8 Å². The topological polar surface area (TPSA) is 69.6 Å². The number of rotatable bonds is 4. The molecule has 8 heteroatoms. The molecule has 0 aromatic carbocycles. The van der Waals surface area contributed by atoms with Crippen LogP contribution in [0.5, 0.6) is 11.8 Å². The largest absolute Gasteiger partial charge is 0.481 e. The van der Waals surface area contributed by atoms with Crippen molar-refractivity contribution < 1.29 is 18.6 Å². The van der Waals surface area contributed by atoms with Crippen molar-refractivity contribution in [3.63, 3.8) is 0 Å². The zero-order chi connectivity index (χ0) is 17.2. The Morgan fingerprint density at radius 2 is 2.24 bits per heavy atom. The monoisotopic (exact) mass is 346 g/mol. The molecule has 0 radical (unpaired) electrons. The van der Waals surface area contributed by atoms with Gasteiger partial charge >= 0.3 is 0 Å². The van der Waals surface area contributed by atoms with Crippen molar-refractivity contribution in [3.8, 4) is 11.8 Å². The summed E-state index contributed by atoms with van der Waals surface area (Å²) in [5, 5.41) is 0. The van der Waals surface area contributed by atoms with Gasteiger partial charge in [-0.25, -0.2) is 19.3 Å². The fourth-order valence-corrected chi connectivity index (χ4v) is 3.48. The average Bonchev–Trinajstić information content (AvgIpc) is 3.02. The molecule has 132 valence electrons. The summed E-state index contributed by atoms with van der Waals surface area (Å²) in [4.78, 5) is 14.5. The maximum absolute atomic E-state index is 13.9. The van der Waals surface area contributed by atoms with Gasteiger partial charge in [0.15, 0.2) is 5.82 Å². The fraction of sp³-hybridized carbons (Fsp3) is 0.471. The molecule has 4 heterocycles. The summed E-state index contributed by atoms with van der Waals surface area (Å²) in [5.74, 6) is 0.776. The molecule has 2 aliphatic heterocycles. The lowest BCUT2D eigenvalue weighted by atomic mass is 10.0. The molecule has 2 aromatic heterocycles. The smallest absolute Gasteiger partial charge is 0.250 e. The van der Waals surface area contributed by atoms with E-state index in [2.05, 4.69) is 19.9 Å². The van der Waals surface area contributed by atoms with Gasteiger partial charge in [-0.2, -0.15) is 0 Å². The van der Waals surface area contributed by atoms with Crippen LogP contribution >= 0.6 is 0 Å². The molecule has 2 fully saturated rings. The Kier molecular flexibility index (Phi) is 4.35. The minimum Gasteiger partial charge on any atom is -0.481 e. The number of halogens is 1. The standard InChI is InChI=1S/C17H19FN4O3/c1-23-15-8-14(20-10-21-15)22-9-13(16-12(22)5-3-7-24-16)25-17-11(18)4-2-6-19-17/h2,4,6,8,10,12-13,16H,3,5,7,9H2,1H3/t12-,13+,16+/m1/s1. The first-order chi connectivity index (χ1) is 12.3. The number of nitrogens with zero attached hydrogens (tertiary/aromatic N) is 4. The third-order valence-electron chi connectivity index (χ3n) is 4.60. The lowest BCUT2D eigenvalue weighted by Gasteiger charge is -2.32. The quantitative estimate of drug-likeness (QED) is 0.836. The molecule has 0 unspecified atom stereocenters. The molecule has 0 N–H and O–H groups in total. The summed E-state index contributed by atoms with van der Waals surface area (Å²) in [6.45, 7) is 1.21. The molecule has 0 bridgehead atoms. The van der Waals surface area contributed by atoms with Gasteiger partial charge in [0.1, 0.15) is 24.4 Å². The molecule has 0 aliphatic carbocycles. The number of ether oxygens (including phenoxy) is 3. The van der Waals surface area contributed by atoms with Gasteiger partial charge < -0.3 is 19.1 Å². The van der Waals surface area contributed by atoms with Crippen LogP contribution in [0.25, 0.3) is 0 Å². The van der Waals surface area contributed by atoms with E-state index in [0.29, 0.717) is 19.0 Å². The second-order valence-electron chi connectivity index (χ2n) is 6.06. The van der Waals surface area contributed by atoms with Crippen molar-refractivity contribution in [2.75, 3.05) is 25.2 Å². The van der Waals surface area contributed by atoms with E-state index in [9.17, 15) is 4.39 Å². The Morgan fingerprint density at radius 1 is 1.32 bits per heavy atom. The van der Waals surface area contributed by atoms with Crippen LogP contribution < -0.4 is 14.4 Å². The molecule has 0 saturated carbocycles. The summed E-state index contributed by atoms with van der Waals surface area (Å²) >= 11 is 0. The first kappa shape index (κ1) is 16.0. The number of pyridine rings is 1. The van der Waals surface area contributed by atoms with Crippen LogP contribution in [0.3, 0.4) is 0 Å². The number of aromatic nitrogens is 3. The van der Waals surface area contributed by atoms with Gasteiger partial charge in [0.2, 0.25) is 5.88 Å². The zero-order valence-electron chi connectivity index (χ0n) is 13.8. The van der Waals surface area contributed by atoms with Crippen LogP contribution in [0, 0.1) is 5.82 Å². The highest BCUT2D eigenvalue weighted by Gasteiger charge is 2.46. The van der Waals surface area contributed by atoms with Crippen molar-refractivity contribution in [2.45, 2.75) is 31.1 Å². The van der Waals surface area contributed by atoms with E-state index in [1.165, 1.54) is 24.7 Å². The summed E-state index contributed by atoms with van der Waals surface area (Å²) in [6.07, 6.45) is 4.43. The van der Waals surface area contributed by atoms with Gasteiger partial charge in [0, 0.05) is 18.9 Å².